The van der Waals surface area contributed by atoms with E-state index in [1.54, 1.807) is 0 Å². The standard InChI is InChI=1S/C54H100O12S/c1-3-5-7-9-11-13-15-17-19-20-21-22-23-24-25-26-27-29-30-32-34-36-38-40-42-49(55)63-44-47(45-64-54-53(59)52(58)51(57)48(66-54)46-67(60,61)62)65-50(56)43-41-39-37-35-33-31-28-18-16-14-12-10-8-6-4-2/h12,14,18,28,47-48,51-54,57-59H,3-11,13,15-17,19-27,29-46H2,1-2H3,(H,60,61,62)/b14-12-,28-18-. The van der Waals surface area contributed by atoms with E-state index in [1.165, 1.54) is 148 Å². The summed E-state index contributed by atoms with van der Waals surface area (Å²) in [5.74, 6) is -1.99. The van der Waals surface area contributed by atoms with Crippen molar-refractivity contribution in [2.75, 3.05) is 19.0 Å². The van der Waals surface area contributed by atoms with Crippen molar-refractivity contribution in [3.8, 4) is 0 Å². The fourth-order valence-electron chi connectivity index (χ4n) is 8.53. The minimum atomic E-state index is -4.61. The number of allylic oxidation sites excluding steroid dienone is 4. The van der Waals surface area contributed by atoms with Gasteiger partial charge in [0.1, 0.15) is 36.8 Å². The second kappa shape index (κ2) is 44.1. The highest BCUT2D eigenvalue weighted by Crippen LogP contribution is 2.24. The van der Waals surface area contributed by atoms with Crippen LogP contribution in [0, 0.1) is 0 Å². The Labute approximate surface area is 408 Å². The van der Waals surface area contributed by atoms with Crippen LogP contribution in [0.15, 0.2) is 24.3 Å². The molecule has 0 aromatic carbocycles. The summed E-state index contributed by atoms with van der Waals surface area (Å²) < 4.78 is 54.3. The van der Waals surface area contributed by atoms with Gasteiger partial charge in [-0.2, -0.15) is 8.42 Å². The summed E-state index contributed by atoms with van der Waals surface area (Å²) >= 11 is 0. The second-order valence-electron chi connectivity index (χ2n) is 19.3. The van der Waals surface area contributed by atoms with Gasteiger partial charge in [-0.15, -0.1) is 0 Å². The van der Waals surface area contributed by atoms with E-state index in [-0.39, 0.29) is 19.4 Å². The van der Waals surface area contributed by atoms with Crippen LogP contribution >= 0.6 is 0 Å². The van der Waals surface area contributed by atoms with Crippen molar-refractivity contribution in [1.29, 1.82) is 0 Å². The van der Waals surface area contributed by atoms with E-state index in [4.69, 9.17) is 18.9 Å². The van der Waals surface area contributed by atoms with Gasteiger partial charge in [0.25, 0.3) is 10.1 Å². The molecule has 394 valence electrons. The van der Waals surface area contributed by atoms with Crippen LogP contribution in [0.4, 0.5) is 0 Å². The normalized spacial score (nSPS) is 19.4. The number of esters is 2. The van der Waals surface area contributed by atoms with Gasteiger partial charge in [0, 0.05) is 12.8 Å². The van der Waals surface area contributed by atoms with Crippen molar-refractivity contribution in [3.05, 3.63) is 24.3 Å². The van der Waals surface area contributed by atoms with Gasteiger partial charge in [-0.3, -0.25) is 14.1 Å². The largest absolute Gasteiger partial charge is 0.462 e. The average molecular weight is 973 g/mol. The molecule has 1 aliphatic heterocycles. The molecule has 1 heterocycles. The molecule has 12 nitrogen and oxygen atoms in total. The predicted octanol–water partition coefficient (Wildman–Crippen LogP) is 12.7. The van der Waals surface area contributed by atoms with Crippen molar-refractivity contribution < 1.29 is 56.8 Å². The predicted molar refractivity (Wildman–Crippen MR) is 270 cm³/mol. The zero-order valence-corrected chi connectivity index (χ0v) is 43.3. The molecule has 0 bridgehead atoms. The monoisotopic (exact) mass is 973 g/mol. The number of hydrogen-bond donors (Lipinski definition) is 4. The lowest BCUT2D eigenvalue weighted by molar-refractivity contribution is -0.297. The molecule has 0 aromatic heterocycles. The minimum Gasteiger partial charge on any atom is -0.462 e. The maximum absolute atomic E-state index is 12.9. The summed E-state index contributed by atoms with van der Waals surface area (Å²) in [7, 11) is -4.61. The average Bonchev–Trinajstić information content (AvgIpc) is 3.30. The van der Waals surface area contributed by atoms with Crippen LogP contribution in [0.3, 0.4) is 0 Å². The molecular formula is C54H100O12S. The first-order valence-electron chi connectivity index (χ1n) is 27.4. The molecule has 1 fully saturated rings. The molecule has 0 radical (unpaired) electrons. The van der Waals surface area contributed by atoms with E-state index >= 15 is 0 Å². The number of unbranched alkanes of at least 4 members (excludes halogenated alkanes) is 31. The van der Waals surface area contributed by atoms with E-state index in [2.05, 4.69) is 38.2 Å². The number of ether oxygens (including phenoxy) is 4. The zero-order valence-electron chi connectivity index (χ0n) is 42.5. The van der Waals surface area contributed by atoms with Crippen LogP contribution < -0.4 is 0 Å². The topological polar surface area (TPSA) is 186 Å². The fraction of sp³-hybridized carbons (Fsp3) is 0.889. The lowest BCUT2D eigenvalue weighted by atomic mass is 10.00. The first kappa shape index (κ1) is 63.1. The van der Waals surface area contributed by atoms with Gasteiger partial charge in [0.2, 0.25) is 0 Å². The Hall–Kier alpha value is -1.87. The summed E-state index contributed by atoms with van der Waals surface area (Å²) in [6.07, 6.45) is 42.3. The van der Waals surface area contributed by atoms with Gasteiger partial charge in [0.05, 0.1) is 6.61 Å². The van der Waals surface area contributed by atoms with Crippen molar-refractivity contribution in [2.24, 2.45) is 0 Å². The highest BCUT2D eigenvalue weighted by molar-refractivity contribution is 7.85. The summed E-state index contributed by atoms with van der Waals surface area (Å²) in [4.78, 5) is 25.5. The molecule has 67 heavy (non-hydrogen) atoms. The Morgan fingerprint density at radius 1 is 0.507 bits per heavy atom. The Kier molecular flexibility index (Phi) is 41.6. The number of aliphatic hydroxyl groups excluding tert-OH is 3. The fourth-order valence-corrected chi connectivity index (χ4v) is 9.22. The maximum Gasteiger partial charge on any atom is 0.306 e. The van der Waals surface area contributed by atoms with Gasteiger partial charge < -0.3 is 34.3 Å². The number of rotatable bonds is 47. The van der Waals surface area contributed by atoms with Crippen molar-refractivity contribution in [1.82, 2.24) is 0 Å². The zero-order chi connectivity index (χ0) is 49.1. The van der Waals surface area contributed by atoms with E-state index in [1.807, 2.05) is 0 Å². The number of hydrogen-bond acceptors (Lipinski definition) is 11. The van der Waals surface area contributed by atoms with Crippen molar-refractivity contribution in [2.45, 2.75) is 288 Å². The van der Waals surface area contributed by atoms with E-state index in [0.29, 0.717) is 12.8 Å². The number of aliphatic hydroxyl groups is 3. The van der Waals surface area contributed by atoms with E-state index < -0.39 is 71.2 Å². The van der Waals surface area contributed by atoms with Gasteiger partial charge in [-0.1, -0.05) is 218 Å². The van der Waals surface area contributed by atoms with Crippen LogP contribution in [-0.4, -0.2) is 96.0 Å². The molecule has 1 aliphatic rings. The Bertz CT molecular complexity index is 1320. The Balaban J connectivity index is 2.30. The summed E-state index contributed by atoms with van der Waals surface area (Å²) in [6, 6.07) is 0. The van der Waals surface area contributed by atoms with Gasteiger partial charge in [-0.25, -0.2) is 0 Å². The van der Waals surface area contributed by atoms with Crippen LogP contribution in [0.1, 0.15) is 251 Å². The van der Waals surface area contributed by atoms with Gasteiger partial charge >= 0.3 is 11.9 Å². The lowest BCUT2D eigenvalue weighted by Crippen LogP contribution is -2.60. The third kappa shape index (κ3) is 38.6. The minimum absolute atomic E-state index is 0.151. The lowest BCUT2D eigenvalue weighted by Gasteiger charge is -2.40. The van der Waals surface area contributed by atoms with E-state index in [9.17, 15) is 37.9 Å². The first-order chi connectivity index (χ1) is 32.5. The Morgan fingerprint density at radius 2 is 0.896 bits per heavy atom. The Morgan fingerprint density at radius 3 is 1.34 bits per heavy atom. The van der Waals surface area contributed by atoms with Gasteiger partial charge in [0.15, 0.2) is 12.4 Å². The highest BCUT2D eigenvalue weighted by atomic mass is 32.2. The molecule has 6 unspecified atom stereocenters. The van der Waals surface area contributed by atoms with Crippen LogP contribution in [0.5, 0.6) is 0 Å². The van der Waals surface area contributed by atoms with E-state index in [0.717, 1.165) is 64.2 Å². The third-order valence-electron chi connectivity index (χ3n) is 12.8. The molecule has 6 atom stereocenters. The molecule has 1 rings (SSSR count). The molecule has 1 saturated heterocycles. The molecule has 0 saturated carbocycles. The molecule has 0 amide bonds. The molecule has 0 spiro atoms. The summed E-state index contributed by atoms with van der Waals surface area (Å²) in [5.41, 5.74) is 0. The maximum atomic E-state index is 12.9. The van der Waals surface area contributed by atoms with Crippen LogP contribution in [0.25, 0.3) is 0 Å². The van der Waals surface area contributed by atoms with Crippen molar-refractivity contribution in [3.63, 3.8) is 0 Å². The van der Waals surface area contributed by atoms with Crippen LogP contribution in [-0.2, 0) is 38.7 Å². The SMILES string of the molecule is CCCCC/C=C\C/C=C\CCCCCCCC(=O)OC(COC(=O)CCCCCCCCCCCCCCCCCCCCCCCCCC)COC1OC(CS(=O)(=O)O)C(O)C(O)C1O. The third-order valence-corrected chi connectivity index (χ3v) is 13.5. The second-order valence-corrected chi connectivity index (χ2v) is 20.8. The van der Waals surface area contributed by atoms with Gasteiger partial charge in [-0.05, 0) is 44.9 Å². The number of carbonyl (C=O) groups is 2. The first-order valence-corrected chi connectivity index (χ1v) is 29.0. The smallest absolute Gasteiger partial charge is 0.306 e. The summed E-state index contributed by atoms with van der Waals surface area (Å²) in [6.45, 7) is 3.77. The molecule has 0 aliphatic carbocycles. The quantitative estimate of drug-likeness (QED) is 0.0196. The molecule has 4 N–H and O–H groups in total. The van der Waals surface area contributed by atoms with Crippen molar-refractivity contribution >= 4 is 22.1 Å². The molecular weight excluding hydrogens is 873 g/mol. The highest BCUT2D eigenvalue weighted by Gasteiger charge is 2.46. The van der Waals surface area contributed by atoms with Crippen LogP contribution in [0.2, 0.25) is 0 Å². The number of carbonyl (C=O) groups excluding carboxylic acids is 2. The summed E-state index contributed by atoms with van der Waals surface area (Å²) in [5, 5.41) is 31.0. The molecule has 0 aromatic rings. The molecule has 13 heteroatoms.